The van der Waals surface area contributed by atoms with E-state index in [1.54, 1.807) is 0 Å². The van der Waals surface area contributed by atoms with E-state index in [1.165, 1.54) is 6.92 Å². The Labute approximate surface area is 101 Å². The Morgan fingerprint density at radius 2 is 2.07 bits per heavy atom. The van der Waals surface area contributed by atoms with Gasteiger partial charge in [0.15, 0.2) is 0 Å². The number of benzene rings is 1. The van der Waals surface area contributed by atoms with Crippen molar-refractivity contribution < 1.29 is 11.0 Å². The molecule has 0 aliphatic rings. The van der Waals surface area contributed by atoms with Gasteiger partial charge in [0.2, 0.25) is 5.96 Å². The fourth-order valence-corrected chi connectivity index (χ4v) is 0.700. The molecule has 4 heteroatoms. The van der Waals surface area contributed by atoms with Crippen molar-refractivity contribution in [1.82, 2.24) is 0 Å². The van der Waals surface area contributed by atoms with Crippen LogP contribution >= 0.6 is 0 Å². The molecule has 4 nitrogen and oxygen atoms in total. The highest BCUT2D eigenvalue weighted by atomic mass is 15.1. The molecule has 0 aliphatic carbocycles. The quantitative estimate of drug-likeness (QED) is 0.577. The highest BCUT2D eigenvalue weighted by Gasteiger charge is 1.91. The molecule has 0 saturated heterocycles. The predicted octanol–water partition coefficient (Wildman–Crippen LogP) is 0.921. The van der Waals surface area contributed by atoms with Crippen molar-refractivity contribution >= 4 is 11.8 Å². The molecule has 0 aliphatic heterocycles. The molecule has 0 fully saturated rings. The van der Waals surface area contributed by atoms with Gasteiger partial charge in [0.05, 0.1) is 15.4 Å². The summed E-state index contributed by atoms with van der Waals surface area (Å²) in [5, 5.41) is 0. The largest absolute Gasteiger partial charge is 0.387 e. The van der Waals surface area contributed by atoms with Gasteiger partial charge < -0.3 is 11.5 Å². The van der Waals surface area contributed by atoms with Gasteiger partial charge in [-0.3, -0.25) is 4.99 Å². The van der Waals surface area contributed by atoms with Crippen molar-refractivity contribution in [1.29, 1.82) is 0 Å². The van der Waals surface area contributed by atoms with Crippen LogP contribution < -0.4 is 11.5 Å². The van der Waals surface area contributed by atoms with Gasteiger partial charge in [-0.2, -0.15) is 0 Å². The number of rotatable bonds is 3. The summed E-state index contributed by atoms with van der Waals surface area (Å²) in [6.07, 6.45) is -1.90. The zero-order chi connectivity index (χ0) is 18.1. The van der Waals surface area contributed by atoms with Gasteiger partial charge in [0.25, 0.3) is 0 Å². The van der Waals surface area contributed by atoms with Crippen molar-refractivity contribution in [3.63, 3.8) is 0 Å². The maximum Gasteiger partial charge on any atom is 0.216 e. The second-order valence-corrected chi connectivity index (χ2v) is 2.54. The van der Waals surface area contributed by atoms with Gasteiger partial charge in [-0.15, -0.1) is 0 Å². The SMILES string of the molecule is [2H]c1c([2H])c([2H])c(C([2H])C([2H])([2H])N=C(N)N=C(C)N)c([2H])c1[2H]. The summed E-state index contributed by atoms with van der Waals surface area (Å²) in [4.78, 5) is 6.96. The first-order valence-electron chi connectivity index (χ1n) is 8.13. The minimum atomic E-state index is -2.67. The fourth-order valence-electron chi connectivity index (χ4n) is 0.700. The molecule has 0 radical (unpaired) electrons. The number of nitrogens with zero attached hydrogens (tertiary/aromatic N) is 2. The molecular weight excluding hydrogens is 188 g/mol. The summed E-state index contributed by atoms with van der Waals surface area (Å²) in [6, 6.07) is -3.24. The number of amidine groups is 1. The molecule has 4 N–H and O–H groups in total. The Morgan fingerprint density at radius 3 is 2.67 bits per heavy atom. The molecule has 15 heavy (non-hydrogen) atoms. The van der Waals surface area contributed by atoms with Crippen molar-refractivity contribution in [2.45, 2.75) is 13.3 Å². The van der Waals surface area contributed by atoms with E-state index < -0.39 is 54.6 Å². The Hall–Kier alpha value is -1.84. The Morgan fingerprint density at radius 1 is 1.40 bits per heavy atom. The summed E-state index contributed by atoms with van der Waals surface area (Å²) in [7, 11) is 0. The van der Waals surface area contributed by atoms with E-state index in [2.05, 4.69) is 9.98 Å². The molecule has 0 aromatic heterocycles. The molecule has 1 aromatic rings. The first kappa shape index (κ1) is 4.35. The van der Waals surface area contributed by atoms with Crippen molar-refractivity contribution in [2.24, 2.45) is 21.5 Å². The van der Waals surface area contributed by atoms with Gasteiger partial charge in [-0.25, -0.2) is 4.99 Å². The Balaban J connectivity index is 3.45. The van der Waals surface area contributed by atoms with E-state index in [0.717, 1.165) is 0 Å². The van der Waals surface area contributed by atoms with Crippen molar-refractivity contribution in [3.8, 4) is 0 Å². The van der Waals surface area contributed by atoms with Crippen LogP contribution in [0.3, 0.4) is 0 Å². The highest BCUT2D eigenvalue weighted by molar-refractivity contribution is 5.93. The molecule has 1 atom stereocenters. The standard InChI is InChI=1S/C11H16N4/c1-9(12)15-11(13)14-8-7-10-5-3-2-4-6-10/h2-6H,7-8H2,1H3,(H4,12,13,14,15)/i2D,3D,4D,5D,6D,7D,8D2. The van der Waals surface area contributed by atoms with E-state index in [4.69, 9.17) is 22.4 Å². The molecule has 1 unspecified atom stereocenters. The van der Waals surface area contributed by atoms with Gasteiger partial charge in [0.1, 0.15) is 0 Å². The van der Waals surface area contributed by atoms with Crippen LogP contribution in [0.4, 0.5) is 0 Å². The summed E-state index contributed by atoms with van der Waals surface area (Å²) in [6.45, 7) is -1.26. The lowest BCUT2D eigenvalue weighted by Gasteiger charge is -1.97. The molecule has 80 valence electrons. The van der Waals surface area contributed by atoms with Gasteiger partial charge >= 0.3 is 0 Å². The number of aliphatic imine (C=N–C) groups is 2. The van der Waals surface area contributed by atoms with Gasteiger partial charge in [0, 0.05) is 7.87 Å². The van der Waals surface area contributed by atoms with Crippen LogP contribution in [0, 0.1) is 0 Å². The molecule has 0 saturated carbocycles. The minimum absolute atomic E-state index is 0.0337. The third-order valence-electron chi connectivity index (χ3n) is 1.20. The van der Waals surface area contributed by atoms with E-state index in [-0.39, 0.29) is 5.84 Å². The number of hydrogen-bond acceptors (Lipinski definition) is 1. The third-order valence-corrected chi connectivity index (χ3v) is 1.20. The second-order valence-electron chi connectivity index (χ2n) is 2.54. The maximum atomic E-state index is 7.95. The van der Waals surface area contributed by atoms with Crippen LogP contribution in [0.5, 0.6) is 0 Å². The van der Waals surface area contributed by atoms with E-state index >= 15 is 0 Å². The second kappa shape index (κ2) is 5.80. The summed E-state index contributed by atoms with van der Waals surface area (Å²) >= 11 is 0. The molecule has 0 spiro atoms. The Kier molecular flexibility index (Phi) is 1.68. The number of hydrogen-bond donors (Lipinski definition) is 2. The number of nitrogens with two attached hydrogens (primary N) is 2. The zero-order valence-corrected chi connectivity index (χ0v) is 8.13. The van der Waals surface area contributed by atoms with Crippen LogP contribution in [0.1, 0.15) is 23.5 Å². The topological polar surface area (TPSA) is 76.8 Å². The summed E-state index contributed by atoms with van der Waals surface area (Å²) in [5.74, 6) is -0.481. The normalized spacial score (nSPS) is 23.5. The molecule has 1 aromatic carbocycles. The third kappa shape index (κ3) is 4.81. The van der Waals surface area contributed by atoms with Crippen LogP contribution in [-0.4, -0.2) is 18.3 Å². The van der Waals surface area contributed by atoms with Crippen molar-refractivity contribution in [3.05, 3.63) is 35.8 Å². The molecular formula is C11H16N4. The fraction of sp³-hybridized carbons (Fsp3) is 0.273. The first-order valence-corrected chi connectivity index (χ1v) is 4.05. The summed E-state index contributed by atoms with van der Waals surface area (Å²) < 4.78 is 61.7. The lowest BCUT2D eigenvalue weighted by molar-refractivity contribution is 0.962. The molecule has 0 amide bonds. The van der Waals surface area contributed by atoms with Crippen LogP contribution in [0.2, 0.25) is 0 Å². The number of guanidine groups is 1. The van der Waals surface area contributed by atoms with Gasteiger partial charge in [-0.05, 0) is 18.9 Å². The predicted molar refractivity (Wildman–Crippen MR) is 63.9 cm³/mol. The average Bonchev–Trinajstić information content (AvgIpc) is 2.41. The lowest BCUT2D eigenvalue weighted by Crippen LogP contribution is -2.16. The Bertz CT molecular complexity index is 652. The molecule has 0 heterocycles. The first-order chi connectivity index (χ1) is 10.4. The molecule has 1 rings (SSSR count). The van der Waals surface area contributed by atoms with Crippen LogP contribution in [-0.2, 0) is 6.40 Å². The lowest BCUT2D eigenvalue weighted by atomic mass is 10.2. The highest BCUT2D eigenvalue weighted by Crippen LogP contribution is 1.99. The van der Waals surface area contributed by atoms with E-state index in [9.17, 15) is 0 Å². The van der Waals surface area contributed by atoms with Crippen molar-refractivity contribution in [2.75, 3.05) is 6.50 Å². The molecule has 0 bridgehead atoms. The average molecular weight is 212 g/mol. The van der Waals surface area contributed by atoms with Crippen LogP contribution in [0.15, 0.2) is 40.2 Å². The monoisotopic (exact) mass is 212 g/mol. The smallest absolute Gasteiger partial charge is 0.216 e. The van der Waals surface area contributed by atoms with E-state index in [0.29, 0.717) is 0 Å². The zero-order valence-electron chi connectivity index (χ0n) is 16.1. The maximum absolute atomic E-state index is 7.95. The van der Waals surface area contributed by atoms with Crippen LogP contribution in [0.25, 0.3) is 0 Å². The summed E-state index contributed by atoms with van der Waals surface area (Å²) in [5.41, 5.74) is 10.2. The van der Waals surface area contributed by atoms with E-state index in [1.807, 2.05) is 0 Å². The minimum Gasteiger partial charge on any atom is -0.387 e. The van der Waals surface area contributed by atoms with Gasteiger partial charge in [-0.1, -0.05) is 30.2 Å².